The topological polar surface area (TPSA) is 58.2 Å². The minimum atomic E-state index is -3.35. The van der Waals surface area contributed by atoms with Crippen LogP contribution in [0, 0.1) is 6.92 Å². The molecule has 0 aliphatic carbocycles. The SMILES string of the molecule is Cc1ccc(S(=O)(=O)NC2CCNCC2)cc1. The molecule has 1 aromatic rings. The number of piperidine rings is 1. The van der Waals surface area contributed by atoms with E-state index >= 15 is 0 Å². The van der Waals surface area contributed by atoms with E-state index in [1.807, 2.05) is 19.1 Å². The molecule has 2 rings (SSSR count). The first-order valence-corrected chi connectivity index (χ1v) is 7.36. The Morgan fingerprint density at radius 3 is 2.35 bits per heavy atom. The van der Waals surface area contributed by atoms with Gasteiger partial charge in [0.25, 0.3) is 0 Å². The Morgan fingerprint density at radius 2 is 1.76 bits per heavy atom. The Morgan fingerprint density at radius 1 is 1.18 bits per heavy atom. The minimum Gasteiger partial charge on any atom is -0.317 e. The molecule has 0 spiro atoms. The number of sulfonamides is 1. The molecule has 4 nitrogen and oxygen atoms in total. The summed E-state index contributed by atoms with van der Waals surface area (Å²) >= 11 is 0. The first kappa shape index (κ1) is 12.5. The first-order valence-electron chi connectivity index (χ1n) is 5.88. The summed E-state index contributed by atoms with van der Waals surface area (Å²) in [4.78, 5) is 0.349. The lowest BCUT2D eigenvalue weighted by Crippen LogP contribution is -2.42. The number of hydrogen-bond donors (Lipinski definition) is 2. The molecule has 1 heterocycles. The van der Waals surface area contributed by atoms with Crippen LogP contribution in [-0.4, -0.2) is 27.5 Å². The van der Waals surface area contributed by atoms with E-state index in [1.165, 1.54) is 0 Å². The predicted molar refractivity (Wildman–Crippen MR) is 67.4 cm³/mol. The Kier molecular flexibility index (Phi) is 3.81. The van der Waals surface area contributed by atoms with E-state index in [9.17, 15) is 8.42 Å². The fraction of sp³-hybridized carbons (Fsp3) is 0.500. The van der Waals surface area contributed by atoms with Gasteiger partial charge in [-0.2, -0.15) is 0 Å². The highest BCUT2D eigenvalue weighted by Gasteiger charge is 2.21. The van der Waals surface area contributed by atoms with Crippen molar-refractivity contribution in [3.8, 4) is 0 Å². The Hall–Kier alpha value is -0.910. The average Bonchev–Trinajstić information content (AvgIpc) is 2.30. The fourth-order valence-corrected chi connectivity index (χ4v) is 3.25. The van der Waals surface area contributed by atoms with Crippen molar-refractivity contribution in [3.05, 3.63) is 29.8 Å². The van der Waals surface area contributed by atoms with Gasteiger partial charge >= 0.3 is 0 Å². The van der Waals surface area contributed by atoms with E-state index in [0.29, 0.717) is 4.90 Å². The van der Waals surface area contributed by atoms with Gasteiger partial charge in [0.1, 0.15) is 0 Å². The van der Waals surface area contributed by atoms with Gasteiger partial charge in [-0.1, -0.05) is 17.7 Å². The maximum atomic E-state index is 12.1. The van der Waals surface area contributed by atoms with E-state index in [2.05, 4.69) is 10.0 Å². The van der Waals surface area contributed by atoms with Gasteiger partial charge in [0.15, 0.2) is 0 Å². The summed E-state index contributed by atoms with van der Waals surface area (Å²) in [6.45, 7) is 3.69. The first-order chi connectivity index (χ1) is 8.08. The van der Waals surface area contributed by atoms with Crippen LogP contribution in [0.2, 0.25) is 0 Å². The number of rotatable bonds is 3. The fourth-order valence-electron chi connectivity index (χ4n) is 1.94. The molecule has 1 aromatic carbocycles. The number of nitrogens with one attached hydrogen (secondary N) is 2. The highest BCUT2D eigenvalue weighted by molar-refractivity contribution is 7.89. The van der Waals surface area contributed by atoms with Crippen molar-refractivity contribution in [1.82, 2.24) is 10.0 Å². The van der Waals surface area contributed by atoms with Gasteiger partial charge in [0, 0.05) is 6.04 Å². The van der Waals surface area contributed by atoms with Gasteiger partial charge in [-0.05, 0) is 45.0 Å². The Bertz CT molecular complexity index is 462. The summed E-state index contributed by atoms with van der Waals surface area (Å²) in [6, 6.07) is 6.99. The zero-order valence-electron chi connectivity index (χ0n) is 9.94. The molecule has 0 saturated carbocycles. The van der Waals surface area contributed by atoms with Gasteiger partial charge in [-0.3, -0.25) is 0 Å². The van der Waals surface area contributed by atoms with Crippen LogP contribution in [0.1, 0.15) is 18.4 Å². The summed E-state index contributed by atoms with van der Waals surface area (Å²) in [7, 11) is -3.35. The molecule has 0 bridgehead atoms. The molecule has 1 aliphatic heterocycles. The lowest BCUT2D eigenvalue weighted by molar-refractivity contribution is 0.427. The smallest absolute Gasteiger partial charge is 0.240 e. The van der Waals surface area contributed by atoms with Crippen molar-refractivity contribution in [2.24, 2.45) is 0 Å². The monoisotopic (exact) mass is 254 g/mol. The van der Waals surface area contributed by atoms with E-state index in [-0.39, 0.29) is 6.04 Å². The van der Waals surface area contributed by atoms with Crippen molar-refractivity contribution in [1.29, 1.82) is 0 Å². The molecule has 0 amide bonds. The highest BCUT2D eigenvalue weighted by Crippen LogP contribution is 2.12. The Balaban J connectivity index is 2.10. The summed E-state index contributed by atoms with van der Waals surface area (Å²) in [5, 5.41) is 3.21. The van der Waals surface area contributed by atoms with Gasteiger partial charge in [0.2, 0.25) is 10.0 Å². The molecular formula is C12H18N2O2S. The molecule has 2 N–H and O–H groups in total. The third-order valence-electron chi connectivity index (χ3n) is 2.99. The third-order valence-corrected chi connectivity index (χ3v) is 4.53. The van der Waals surface area contributed by atoms with Crippen molar-refractivity contribution in [2.45, 2.75) is 30.7 Å². The van der Waals surface area contributed by atoms with Crippen LogP contribution >= 0.6 is 0 Å². The quantitative estimate of drug-likeness (QED) is 0.847. The zero-order valence-corrected chi connectivity index (χ0v) is 10.8. The molecule has 94 valence electrons. The van der Waals surface area contributed by atoms with Crippen LogP contribution in [0.25, 0.3) is 0 Å². The summed E-state index contributed by atoms with van der Waals surface area (Å²) in [5.41, 5.74) is 1.06. The zero-order chi connectivity index (χ0) is 12.3. The summed E-state index contributed by atoms with van der Waals surface area (Å²) < 4.78 is 26.9. The molecule has 0 unspecified atom stereocenters. The van der Waals surface area contributed by atoms with Crippen molar-refractivity contribution >= 4 is 10.0 Å². The van der Waals surface area contributed by atoms with Crippen LogP contribution in [0.15, 0.2) is 29.2 Å². The molecule has 0 atom stereocenters. The Labute approximate surface area is 102 Å². The standard InChI is InChI=1S/C12H18N2O2S/c1-10-2-4-12(5-3-10)17(15,16)14-11-6-8-13-9-7-11/h2-5,11,13-14H,6-9H2,1H3. The van der Waals surface area contributed by atoms with E-state index < -0.39 is 10.0 Å². The van der Waals surface area contributed by atoms with Gasteiger partial charge in [-0.15, -0.1) is 0 Å². The second kappa shape index (κ2) is 5.16. The summed E-state index contributed by atoms with van der Waals surface area (Å²) in [6.07, 6.45) is 1.70. The summed E-state index contributed by atoms with van der Waals surface area (Å²) in [5.74, 6) is 0. The minimum absolute atomic E-state index is 0.0579. The van der Waals surface area contributed by atoms with Gasteiger partial charge in [0.05, 0.1) is 4.90 Å². The van der Waals surface area contributed by atoms with Crippen LogP contribution in [-0.2, 0) is 10.0 Å². The van der Waals surface area contributed by atoms with E-state index in [4.69, 9.17) is 0 Å². The van der Waals surface area contributed by atoms with Crippen molar-refractivity contribution in [3.63, 3.8) is 0 Å². The molecule has 1 fully saturated rings. The average molecular weight is 254 g/mol. The molecule has 17 heavy (non-hydrogen) atoms. The highest BCUT2D eigenvalue weighted by atomic mass is 32.2. The van der Waals surface area contributed by atoms with Crippen LogP contribution < -0.4 is 10.0 Å². The second-order valence-electron chi connectivity index (χ2n) is 4.46. The third kappa shape index (κ3) is 3.28. The van der Waals surface area contributed by atoms with Crippen LogP contribution in [0.3, 0.4) is 0 Å². The van der Waals surface area contributed by atoms with Crippen molar-refractivity contribution < 1.29 is 8.42 Å². The van der Waals surface area contributed by atoms with Gasteiger partial charge < -0.3 is 5.32 Å². The lowest BCUT2D eigenvalue weighted by Gasteiger charge is -2.23. The maximum absolute atomic E-state index is 12.1. The van der Waals surface area contributed by atoms with Crippen molar-refractivity contribution in [2.75, 3.05) is 13.1 Å². The molecule has 1 aliphatic rings. The molecule has 0 aromatic heterocycles. The number of hydrogen-bond acceptors (Lipinski definition) is 3. The number of aryl methyl sites for hydroxylation is 1. The largest absolute Gasteiger partial charge is 0.317 e. The second-order valence-corrected chi connectivity index (χ2v) is 6.17. The molecule has 0 radical (unpaired) electrons. The predicted octanol–water partition coefficient (Wildman–Crippen LogP) is 1.03. The van der Waals surface area contributed by atoms with Crippen LogP contribution in [0.5, 0.6) is 0 Å². The molecule has 1 saturated heterocycles. The van der Waals surface area contributed by atoms with Crippen LogP contribution in [0.4, 0.5) is 0 Å². The number of benzene rings is 1. The molecule has 5 heteroatoms. The van der Waals surface area contributed by atoms with E-state index in [0.717, 1.165) is 31.5 Å². The van der Waals surface area contributed by atoms with E-state index in [1.54, 1.807) is 12.1 Å². The lowest BCUT2D eigenvalue weighted by atomic mass is 10.1. The maximum Gasteiger partial charge on any atom is 0.240 e. The van der Waals surface area contributed by atoms with Gasteiger partial charge in [-0.25, -0.2) is 13.1 Å². The normalized spacial score (nSPS) is 18.2. The molecular weight excluding hydrogens is 236 g/mol.